The lowest BCUT2D eigenvalue weighted by Crippen LogP contribution is -2.35. The van der Waals surface area contributed by atoms with Gasteiger partial charge in [0.15, 0.2) is 5.76 Å². The van der Waals surface area contributed by atoms with Gasteiger partial charge < -0.3 is 4.42 Å². The molecule has 2 heterocycles. The van der Waals surface area contributed by atoms with Crippen molar-refractivity contribution in [2.24, 2.45) is 0 Å². The second-order valence-electron chi connectivity index (χ2n) is 6.09. The Labute approximate surface area is 140 Å². The van der Waals surface area contributed by atoms with Gasteiger partial charge in [-0.3, -0.25) is 4.79 Å². The van der Waals surface area contributed by atoms with Crippen molar-refractivity contribution in [2.45, 2.75) is 56.1 Å². The maximum Gasteiger partial charge on any atom is 0.274 e. The number of sulfonamides is 1. The summed E-state index contributed by atoms with van der Waals surface area (Å²) in [4.78, 5) is 11.0. The minimum Gasteiger partial charge on any atom is -0.442 e. The molecule has 1 aliphatic rings. The van der Waals surface area contributed by atoms with Crippen molar-refractivity contribution in [3.05, 3.63) is 34.6 Å². The average Bonchev–Trinajstić information content (AvgIpc) is 3.01. The molecule has 0 unspecified atom stereocenters. The largest absolute Gasteiger partial charge is 0.442 e. The molecule has 130 valence electrons. The quantitative estimate of drug-likeness (QED) is 0.880. The van der Waals surface area contributed by atoms with Crippen LogP contribution < -0.4 is 10.3 Å². The number of nitrogens with one attached hydrogen (secondary N) is 2. The van der Waals surface area contributed by atoms with E-state index in [-0.39, 0.29) is 16.7 Å². The van der Waals surface area contributed by atoms with E-state index in [1.165, 1.54) is 30.7 Å². The van der Waals surface area contributed by atoms with Crippen molar-refractivity contribution in [2.75, 3.05) is 0 Å². The molecule has 1 aliphatic carbocycles. The normalized spacial score (nSPS) is 17.3. The van der Waals surface area contributed by atoms with Gasteiger partial charge in [-0.1, -0.05) is 32.1 Å². The van der Waals surface area contributed by atoms with Gasteiger partial charge in [0.1, 0.15) is 5.69 Å². The second-order valence-corrected chi connectivity index (χ2v) is 7.73. The zero-order valence-corrected chi connectivity index (χ0v) is 14.1. The Morgan fingerprint density at radius 1 is 1.04 bits per heavy atom. The van der Waals surface area contributed by atoms with E-state index >= 15 is 0 Å². The highest BCUT2D eigenvalue weighted by molar-refractivity contribution is 7.89. The topological polar surface area (TPSA) is 105 Å². The smallest absolute Gasteiger partial charge is 0.274 e. The van der Waals surface area contributed by atoms with Crippen molar-refractivity contribution >= 4 is 10.0 Å². The van der Waals surface area contributed by atoms with Crippen LogP contribution in [-0.2, 0) is 10.0 Å². The van der Waals surface area contributed by atoms with E-state index in [0.29, 0.717) is 11.5 Å². The highest BCUT2D eigenvalue weighted by atomic mass is 32.2. The van der Waals surface area contributed by atoms with Crippen LogP contribution in [0.1, 0.15) is 44.9 Å². The molecule has 0 saturated heterocycles. The Morgan fingerprint density at radius 3 is 2.42 bits per heavy atom. The van der Waals surface area contributed by atoms with Gasteiger partial charge in [0.2, 0.25) is 5.09 Å². The predicted octanol–water partition coefficient (Wildman–Crippen LogP) is 2.42. The minimum absolute atomic E-state index is 0.0462. The lowest BCUT2D eigenvalue weighted by molar-refractivity contribution is 0.412. The summed E-state index contributed by atoms with van der Waals surface area (Å²) in [6, 6.07) is 5.69. The molecule has 7 nitrogen and oxygen atoms in total. The molecule has 3 rings (SSSR count). The van der Waals surface area contributed by atoms with Crippen LogP contribution in [0.25, 0.3) is 11.5 Å². The molecule has 2 aromatic rings. The van der Waals surface area contributed by atoms with Gasteiger partial charge in [-0.05, 0) is 31.0 Å². The summed E-state index contributed by atoms with van der Waals surface area (Å²) in [7, 11) is -3.70. The Morgan fingerprint density at radius 2 is 1.75 bits per heavy atom. The van der Waals surface area contributed by atoms with Crippen molar-refractivity contribution in [3.63, 3.8) is 0 Å². The third-order valence-electron chi connectivity index (χ3n) is 4.20. The van der Waals surface area contributed by atoms with Gasteiger partial charge in [0, 0.05) is 12.1 Å². The zero-order chi connectivity index (χ0) is 17.0. The highest BCUT2D eigenvalue weighted by Gasteiger charge is 2.24. The fourth-order valence-electron chi connectivity index (χ4n) is 2.94. The lowest BCUT2D eigenvalue weighted by atomic mass is 9.97. The Hall–Kier alpha value is -1.93. The first-order valence-electron chi connectivity index (χ1n) is 8.23. The number of furan rings is 1. The molecule has 8 heteroatoms. The molecule has 2 aromatic heterocycles. The van der Waals surface area contributed by atoms with Crippen LogP contribution >= 0.6 is 0 Å². The van der Waals surface area contributed by atoms with Gasteiger partial charge in [-0.25, -0.2) is 18.2 Å². The van der Waals surface area contributed by atoms with Crippen LogP contribution in [0, 0.1) is 0 Å². The SMILES string of the molecule is O=c1ccc(-c2ccc(S(=O)(=O)NC3CCCCCCC3)o2)n[nH]1. The van der Waals surface area contributed by atoms with Gasteiger partial charge in [0.05, 0.1) is 0 Å². The van der Waals surface area contributed by atoms with E-state index in [1.807, 2.05) is 0 Å². The molecular weight excluding hydrogens is 330 g/mol. The standard InChI is InChI=1S/C16H21N3O4S/c20-15-10-8-13(17-18-15)14-9-11-16(23-14)24(21,22)19-12-6-4-2-1-3-5-7-12/h8-12,19H,1-7H2,(H,18,20). The van der Waals surface area contributed by atoms with Crippen molar-refractivity contribution in [3.8, 4) is 11.5 Å². The van der Waals surface area contributed by atoms with Crippen LogP contribution in [0.15, 0.2) is 38.6 Å². The molecule has 0 bridgehead atoms. The fourth-order valence-corrected chi connectivity index (χ4v) is 4.17. The predicted molar refractivity (Wildman–Crippen MR) is 89.0 cm³/mol. The monoisotopic (exact) mass is 351 g/mol. The number of hydrogen-bond donors (Lipinski definition) is 2. The van der Waals surface area contributed by atoms with Crippen LogP contribution in [0.2, 0.25) is 0 Å². The van der Waals surface area contributed by atoms with Crippen LogP contribution in [0.4, 0.5) is 0 Å². The van der Waals surface area contributed by atoms with Crippen molar-refractivity contribution < 1.29 is 12.8 Å². The van der Waals surface area contributed by atoms with Gasteiger partial charge in [-0.15, -0.1) is 0 Å². The first kappa shape index (κ1) is 16.9. The third-order valence-corrected chi connectivity index (χ3v) is 5.60. The summed E-state index contributed by atoms with van der Waals surface area (Å²) in [6.07, 6.45) is 7.33. The third kappa shape index (κ3) is 4.12. The number of aromatic nitrogens is 2. The summed E-state index contributed by atoms with van der Waals surface area (Å²) in [6.45, 7) is 0. The van der Waals surface area contributed by atoms with Crippen molar-refractivity contribution in [1.82, 2.24) is 14.9 Å². The van der Waals surface area contributed by atoms with Gasteiger partial charge >= 0.3 is 0 Å². The van der Waals surface area contributed by atoms with Crippen LogP contribution in [0.5, 0.6) is 0 Å². The number of hydrogen-bond acceptors (Lipinski definition) is 5. The molecule has 0 atom stereocenters. The van der Waals surface area contributed by atoms with E-state index in [1.54, 1.807) is 0 Å². The summed E-state index contributed by atoms with van der Waals surface area (Å²) in [5.74, 6) is 0.296. The molecule has 0 spiro atoms. The summed E-state index contributed by atoms with van der Waals surface area (Å²) >= 11 is 0. The first-order chi connectivity index (χ1) is 11.5. The summed E-state index contributed by atoms with van der Waals surface area (Å²) in [5.41, 5.74) is 0.0473. The molecule has 0 radical (unpaired) electrons. The molecular formula is C16H21N3O4S. The average molecular weight is 351 g/mol. The maximum absolute atomic E-state index is 12.5. The van der Waals surface area contributed by atoms with E-state index in [0.717, 1.165) is 38.5 Å². The van der Waals surface area contributed by atoms with E-state index in [2.05, 4.69) is 14.9 Å². The Bertz CT molecular complexity index is 813. The second kappa shape index (κ2) is 7.31. The minimum atomic E-state index is -3.70. The molecule has 0 aliphatic heterocycles. The summed E-state index contributed by atoms with van der Waals surface area (Å²) in [5, 5.41) is 6.00. The zero-order valence-electron chi connectivity index (χ0n) is 13.3. The summed E-state index contributed by atoms with van der Waals surface area (Å²) < 4.78 is 33.2. The van der Waals surface area contributed by atoms with Crippen molar-refractivity contribution in [1.29, 1.82) is 0 Å². The number of nitrogens with zero attached hydrogens (tertiary/aromatic N) is 1. The first-order valence-corrected chi connectivity index (χ1v) is 9.71. The number of rotatable bonds is 4. The highest BCUT2D eigenvalue weighted by Crippen LogP contribution is 2.24. The number of aromatic amines is 1. The molecule has 1 saturated carbocycles. The lowest BCUT2D eigenvalue weighted by Gasteiger charge is -2.20. The Balaban J connectivity index is 1.75. The van der Waals surface area contributed by atoms with E-state index in [4.69, 9.17) is 4.42 Å². The molecule has 24 heavy (non-hydrogen) atoms. The van der Waals surface area contributed by atoms with E-state index in [9.17, 15) is 13.2 Å². The fraction of sp³-hybridized carbons (Fsp3) is 0.500. The van der Waals surface area contributed by atoms with Gasteiger partial charge in [-0.2, -0.15) is 5.10 Å². The molecule has 0 aromatic carbocycles. The maximum atomic E-state index is 12.5. The van der Waals surface area contributed by atoms with E-state index < -0.39 is 10.0 Å². The van der Waals surface area contributed by atoms with Gasteiger partial charge in [0.25, 0.3) is 15.6 Å². The van der Waals surface area contributed by atoms with Crippen LogP contribution in [0.3, 0.4) is 0 Å². The molecule has 2 N–H and O–H groups in total. The Kier molecular flexibility index (Phi) is 5.15. The van der Waals surface area contributed by atoms with Crippen LogP contribution in [-0.4, -0.2) is 24.7 Å². The molecule has 1 fully saturated rings. The number of H-pyrrole nitrogens is 1. The molecule has 0 amide bonds.